The van der Waals surface area contributed by atoms with E-state index in [2.05, 4.69) is 20.6 Å². The Labute approximate surface area is 140 Å². The number of benzene rings is 1. The average Bonchev–Trinajstić information content (AvgIpc) is 2.46. The van der Waals surface area contributed by atoms with Crippen LogP contribution in [0, 0.1) is 19.7 Å². The summed E-state index contributed by atoms with van der Waals surface area (Å²) in [5.74, 6) is 0.162. The minimum atomic E-state index is -0.442. The van der Waals surface area contributed by atoms with Crippen LogP contribution in [0.3, 0.4) is 0 Å². The van der Waals surface area contributed by atoms with Gasteiger partial charge in [-0.05, 0) is 50.5 Å². The van der Waals surface area contributed by atoms with Gasteiger partial charge >= 0.3 is 0 Å². The molecule has 2 aromatic rings. The number of carbonyl (C=O) groups is 1. The van der Waals surface area contributed by atoms with Crippen molar-refractivity contribution in [1.82, 2.24) is 9.97 Å². The van der Waals surface area contributed by atoms with Crippen molar-refractivity contribution >= 4 is 17.5 Å². The molecule has 1 aromatic carbocycles. The largest absolute Gasteiger partial charge is 0.345 e. The maximum absolute atomic E-state index is 13.8. The van der Waals surface area contributed by atoms with Gasteiger partial charge < -0.3 is 10.6 Å². The van der Waals surface area contributed by atoms with E-state index in [1.165, 1.54) is 12.5 Å². The third kappa shape index (κ3) is 3.88. The van der Waals surface area contributed by atoms with Gasteiger partial charge in [-0.1, -0.05) is 12.5 Å². The van der Waals surface area contributed by atoms with Crippen molar-refractivity contribution in [2.24, 2.45) is 0 Å². The Bertz CT molecular complexity index is 759. The lowest BCUT2D eigenvalue weighted by atomic mass is 9.83. The van der Waals surface area contributed by atoms with E-state index < -0.39 is 5.82 Å². The minimum absolute atomic E-state index is 0.0130. The smallest absolute Gasteiger partial charge is 0.243 e. The number of aryl methyl sites for hydroxylation is 2. The Balaban J connectivity index is 1.60. The predicted octanol–water partition coefficient (Wildman–Crippen LogP) is 3.55. The Kier molecular flexibility index (Phi) is 4.74. The van der Waals surface area contributed by atoms with Gasteiger partial charge in [-0.3, -0.25) is 4.79 Å². The number of nitrogens with zero attached hydrogens (tertiary/aromatic N) is 2. The molecule has 3 rings (SSSR count). The zero-order valence-electron chi connectivity index (χ0n) is 13.9. The molecular weight excluding hydrogens is 307 g/mol. The van der Waals surface area contributed by atoms with E-state index in [1.807, 2.05) is 13.0 Å². The summed E-state index contributed by atoms with van der Waals surface area (Å²) in [6.45, 7) is 3.70. The molecule has 2 N–H and O–H groups in total. The molecule has 6 heteroatoms. The third-order valence-electron chi connectivity index (χ3n) is 4.20. The monoisotopic (exact) mass is 328 g/mol. The number of aromatic nitrogens is 2. The summed E-state index contributed by atoms with van der Waals surface area (Å²) in [6.07, 6.45) is 3.55. The molecule has 126 valence electrons. The number of nitrogens with one attached hydrogen (secondary N) is 2. The van der Waals surface area contributed by atoms with E-state index in [4.69, 9.17) is 0 Å². The lowest BCUT2D eigenvalue weighted by Crippen LogP contribution is -2.23. The van der Waals surface area contributed by atoms with E-state index in [0.29, 0.717) is 11.9 Å². The molecule has 0 aliphatic heterocycles. The Morgan fingerprint density at radius 2 is 2.04 bits per heavy atom. The van der Waals surface area contributed by atoms with Gasteiger partial charge in [0, 0.05) is 17.3 Å². The second-order valence-corrected chi connectivity index (χ2v) is 6.27. The molecule has 1 saturated carbocycles. The van der Waals surface area contributed by atoms with Crippen LogP contribution < -0.4 is 10.6 Å². The summed E-state index contributed by atoms with van der Waals surface area (Å²) in [7, 11) is 0. The molecular formula is C18H21FN4O. The summed E-state index contributed by atoms with van der Waals surface area (Å²) in [4.78, 5) is 20.8. The quantitative estimate of drug-likeness (QED) is 0.881. The number of carbonyl (C=O) groups excluding carboxylic acids is 1. The van der Waals surface area contributed by atoms with Crippen LogP contribution in [0.1, 0.15) is 42.1 Å². The molecule has 0 atom stereocenters. The highest BCUT2D eigenvalue weighted by Gasteiger charge is 2.21. The molecule has 1 heterocycles. The van der Waals surface area contributed by atoms with Gasteiger partial charge in [0.25, 0.3) is 0 Å². The standard InChI is InChI=1S/C18H21FN4O/c1-11-6-7-15(14(19)8-11)22-17(24)10-20-18-21-12(2)9-16(23-18)13-4-3-5-13/h6-9,13H,3-5,10H2,1-2H3,(H,22,24)(H,20,21,23). The van der Waals surface area contributed by atoms with E-state index in [9.17, 15) is 9.18 Å². The number of anilines is 2. The van der Waals surface area contributed by atoms with Gasteiger partial charge in [0.1, 0.15) is 5.82 Å². The van der Waals surface area contributed by atoms with Gasteiger partial charge in [-0.2, -0.15) is 0 Å². The SMILES string of the molecule is Cc1ccc(NC(=O)CNc2nc(C)cc(C3CCC3)n2)c(F)c1. The zero-order valence-corrected chi connectivity index (χ0v) is 13.9. The first-order valence-corrected chi connectivity index (χ1v) is 8.17. The van der Waals surface area contributed by atoms with E-state index in [-0.39, 0.29) is 18.1 Å². The normalized spacial score (nSPS) is 14.1. The first-order chi connectivity index (χ1) is 11.5. The van der Waals surface area contributed by atoms with Crippen molar-refractivity contribution in [2.45, 2.75) is 39.0 Å². The van der Waals surface area contributed by atoms with Crippen molar-refractivity contribution in [3.63, 3.8) is 0 Å². The van der Waals surface area contributed by atoms with E-state index in [1.54, 1.807) is 19.1 Å². The molecule has 0 unspecified atom stereocenters. The minimum Gasteiger partial charge on any atom is -0.345 e. The van der Waals surface area contributed by atoms with Crippen LogP contribution in [0.2, 0.25) is 0 Å². The fourth-order valence-corrected chi connectivity index (χ4v) is 2.66. The third-order valence-corrected chi connectivity index (χ3v) is 4.20. The number of rotatable bonds is 5. The van der Waals surface area contributed by atoms with Crippen LogP contribution in [0.4, 0.5) is 16.0 Å². The first kappa shape index (κ1) is 16.4. The molecule has 0 saturated heterocycles. The van der Waals surface area contributed by atoms with Crippen LogP contribution in [0.15, 0.2) is 24.3 Å². The van der Waals surface area contributed by atoms with Crippen LogP contribution in [0.5, 0.6) is 0 Å². The maximum atomic E-state index is 13.8. The number of hydrogen-bond acceptors (Lipinski definition) is 4. The lowest BCUT2D eigenvalue weighted by molar-refractivity contribution is -0.114. The van der Waals surface area contributed by atoms with Crippen LogP contribution in [-0.2, 0) is 4.79 Å². The van der Waals surface area contributed by atoms with Crippen LogP contribution >= 0.6 is 0 Å². The van der Waals surface area contributed by atoms with Crippen molar-refractivity contribution in [2.75, 3.05) is 17.2 Å². The van der Waals surface area contributed by atoms with E-state index in [0.717, 1.165) is 29.8 Å². The summed E-state index contributed by atoms with van der Waals surface area (Å²) < 4.78 is 13.8. The summed E-state index contributed by atoms with van der Waals surface area (Å²) in [5, 5.41) is 5.47. The van der Waals surface area contributed by atoms with E-state index >= 15 is 0 Å². The summed E-state index contributed by atoms with van der Waals surface area (Å²) in [5.41, 5.74) is 2.88. The Morgan fingerprint density at radius 1 is 1.25 bits per heavy atom. The highest BCUT2D eigenvalue weighted by molar-refractivity contribution is 5.93. The molecule has 24 heavy (non-hydrogen) atoms. The van der Waals surface area contributed by atoms with Gasteiger partial charge in [-0.15, -0.1) is 0 Å². The topological polar surface area (TPSA) is 66.9 Å². The van der Waals surface area contributed by atoms with Gasteiger partial charge in [0.2, 0.25) is 11.9 Å². The van der Waals surface area contributed by atoms with Gasteiger partial charge in [0.05, 0.1) is 12.2 Å². The molecule has 1 aliphatic carbocycles. The molecule has 1 fully saturated rings. The second kappa shape index (κ2) is 6.95. The fraction of sp³-hybridized carbons (Fsp3) is 0.389. The Hall–Kier alpha value is -2.50. The highest BCUT2D eigenvalue weighted by atomic mass is 19.1. The van der Waals surface area contributed by atoms with Crippen LogP contribution in [0.25, 0.3) is 0 Å². The average molecular weight is 328 g/mol. The molecule has 0 radical (unpaired) electrons. The Morgan fingerprint density at radius 3 is 2.71 bits per heavy atom. The second-order valence-electron chi connectivity index (χ2n) is 6.27. The highest BCUT2D eigenvalue weighted by Crippen LogP contribution is 2.35. The molecule has 1 aromatic heterocycles. The maximum Gasteiger partial charge on any atom is 0.243 e. The van der Waals surface area contributed by atoms with Gasteiger partial charge in [0.15, 0.2) is 0 Å². The number of hydrogen-bond donors (Lipinski definition) is 2. The number of halogens is 1. The molecule has 5 nitrogen and oxygen atoms in total. The molecule has 1 amide bonds. The van der Waals surface area contributed by atoms with Crippen molar-refractivity contribution in [3.8, 4) is 0 Å². The van der Waals surface area contributed by atoms with Crippen molar-refractivity contribution in [1.29, 1.82) is 0 Å². The fourth-order valence-electron chi connectivity index (χ4n) is 2.66. The number of amides is 1. The summed E-state index contributed by atoms with van der Waals surface area (Å²) in [6, 6.07) is 6.69. The zero-order chi connectivity index (χ0) is 17.1. The van der Waals surface area contributed by atoms with Crippen LogP contribution in [-0.4, -0.2) is 22.4 Å². The van der Waals surface area contributed by atoms with Crippen molar-refractivity contribution < 1.29 is 9.18 Å². The molecule has 0 spiro atoms. The summed E-state index contributed by atoms with van der Waals surface area (Å²) >= 11 is 0. The molecule has 0 bridgehead atoms. The molecule has 1 aliphatic rings. The van der Waals surface area contributed by atoms with Gasteiger partial charge in [-0.25, -0.2) is 14.4 Å². The van der Waals surface area contributed by atoms with Crippen molar-refractivity contribution in [3.05, 3.63) is 47.0 Å². The first-order valence-electron chi connectivity index (χ1n) is 8.17. The lowest BCUT2D eigenvalue weighted by Gasteiger charge is -2.25. The predicted molar refractivity (Wildman–Crippen MR) is 91.6 cm³/mol.